The summed E-state index contributed by atoms with van der Waals surface area (Å²) in [6.07, 6.45) is 1.76. The third-order valence-electron chi connectivity index (χ3n) is 4.66. The first-order chi connectivity index (χ1) is 13.8. The van der Waals surface area contributed by atoms with Crippen molar-refractivity contribution in [3.8, 4) is 0 Å². The van der Waals surface area contributed by atoms with Gasteiger partial charge in [-0.2, -0.15) is 20.1 Å². The molecule has 0 spiro atoms. The molecule has 2 aromatic rings. The first-order valence-electron chi connectivity index (χ1n) is 9.55. The zero-order valence-corrected chi connectivity index (χ0v) is 16.0. The summed E-state index contributed by atoms with van der Waals surface area (Å²) in [5, 5.41) is 4.30. The maximum Gasteiger partial charge on any atom is 0.250 e. The molecule has 2 aliphatic rings. The predicted molar refractivity (Wildman–Crippen MR) is 108 cm³/mol. The lowest BCUT2D eigenvalue weighted by molar-refractivity contribution is 0.121. The van der Waals surface area contributed by atoms with Crippen LogP contribution in [-0.4, -0.2) is 73.8 Å². The fraction of sp³-hybridized carbons (Fsp3) is 0.474. The smallest absolute Gasteiger partial charge is 0.250 e. The first kappa shape index (κ1) is 18.6. The molecule has 9 nitrogen and oxygen atoms in total. The number of ether oxygens (including phenoxy) is 2. The summed E-state index contributed by atoms with van der Waals surface area (Å²) in [7, 11) is 0. The molecule has 3 heterocycles. The fourth-order valence-corrected chi connectivity index (χ4v) is 3.03. The Hall–Kier alpha value is -2.78. The van der Waals surface area contributed by atoms with Gasteiger partial charge in [0.05, 0.1) is 32.6 Å². The average Bonchev–Trinajstić information content (AvgIpc) is 2.76. The topological polar surface area (TPSA) is 88.0 Å². The number of hydrogen-bond donors (Lipinski definition) is 1. The Labute approximate surface area is 164 Å². The van der Waals surface area contributed by atoms with Gasteiger partial charge in [-0.1, -0.05) is 29.8 Å². The van der Waals surface area contributed by atoms with E-state index in [2.05, 4.69) is 54.3 Å². The zero-order chi connectivity index (χ0) is 19.2. The van der Waals surface area contributed by atoms with Gasteiger partial charge in [-0.3, -0.25) is 0 Å². The van der Waals surface area contributed by atoms with Crippen LogP contribution in [0.2, 0.25) is 0 Å². The molecule has 9 heteroatoms. The quantitative estimate of drug-likeness (QED) is 0.611. The molecule has 0 saturated carbocycles. The van der Waals surface area contributed by atoms with E-state index in [1.54, 1.807) is 6.21 Å². The third-order valence-corrected chi connectivity index (χ3v) is 4.66. The van der Waals surface area contributed by atoms with E-state index in [0.29, 0.717) is 44.3 Å². The summed E-state index contributed by atoms with van der Waals surface area (Å²) in [5.41, 5.74) is 5.18. The van der Waals surface area contributed by atoms with Crippen molar-refractivity contribution in [3.63, 3.8) is 0 Å². The van der Waals surface area contributed by atoms with Crippen LogP contribution < -0.4 is 15.2 Å². The number of aromatic nitrogens is 3. The van der Waals surface area contributed by atoms with Crippen molar-refractivity contribution in [3.05, 3.63) is 35.4 Å². The van der Waals surface area contributed by atoms with E-state index in [9.17, 15) is 0 Å². The Morgan fingerprint density at radius 2 is 1.39 bits per heavy atom. The molecule has 0 radical (unpaired) electrons. The van der Waals surface area contributed by atoms with E-state index in [-0.39, 0.29) is 0 Å². The maximum absolute atomic E-state index is 5.44. The summed E-state index contributed by atoms with van der Waals surface area (Å²) >= 11 is 0. The highest BCUT2D eigenvalue weighted by Crippen LogP contribution is 2.18. The molecule has 4 rings (SSSR count). The van der Waals surface area contributed by atoms with Crippen molar-refractivity contribution in [1.82, 2.24) is 15.0 Å². The number of benzene rings is 1. The van der Waals surface area contributed by atoms with Crippen LogP contribution in [0.3, 0.4) is 0 Å². The Kier molecular flexibility index (Phi) is 5.93. The summed E-state index contributed by atoms with van der Waals surface area (Å²) in [6.45, 7) is 7.80. The molecule has 2 aliphatic heterocycles. The highest BCUT2D eigenvalue weighted by Gasteiger charge is 2.20. The summed E-state index contributed by atoms with van der Waals surface area (Å²) in [6, 6.07) is 8.15. The molecular weight excluding hydrogens is 358 g/mol. The second kappa shape index (κ2) is 8.94. The van der Waals surface area contributed by atoms with Gasteiger partial charge < -0.3 is 19.3 Å². The lowest BCUT2D eigenvalue weighted by Crippen LogP contribution is -2.40. The molecule has 2 saturated heterocycles. The zero-order valence-electron chi connectivity index (χ0n) is 16.0. The Morgan fingerprint density at radius 3 is 1.93 bits per heavy atom. The first-order valence-corrected chi connectivity index (χ1v) is 9.55. The molecule has 0 atom stereocenters. The monoisotopic (exact) mass is 383 g/mol. The molecule has 1 N–H and O–H groups in total. The number of hydrazone groups is 1. The van der Waals surface area contributed by atoms with Crippen LogP contribution in [0.1, 0.15) is 11.1 Å². The van der Waals surface area contributed by atoms with Gasteiger partial charge in [0.25, 0.3) is 0 Å². The molecule has 0 unspecified atom stereocenters. The maximum atomic E-state index is 5.44. The number of anilines is 3. The van der Waals surface area contributed by atoms with E-state index >= 15 is 0 Å². The van der Waals surface area contributed by atoms with Crippen LogP contribution in [0, 0.1) is 6.92 Å². The minimum Gasteiger partial charge on any atom is -0.378 e. The van der Waals surface area contributed by atoms with Crippen LogP contribution in [0.5, 0.6) is 0 Å². The number of morpholine rings is 2. The molecule has 1 aromatic carbocycles. The van der Waals surface area contributed by atoms with Crippen molar-refractivity contribution >= 4 is 24.1 Å². The molecule has 0 amide bonds. The molecule has 0 aliphatic carbocycles. The number of rotatable bonds is 5. The number of nitrogens with one attached hydrogen (secondary N) is 1. The summed E-state index contributed by atoms with van der Waals surface area (Å²) in [4.78, 5) is 18.0. The highest BCUT2D eigenvalue weighted by molar-refractivity contribution is 5.80. The third kappa shape index (κ3) is 4.73. The second-order valence-electron chi connectivity index (χ2n) is 6.74. The minimum absolute atomic E-state index is 0.432. The molecule has 1 aromatic heterocycles. The van der Waals surface area contributed by atoms with E-state index in [4.69, 9.17) is 9.47 Å². The lowest BCUT2D eigenvalue weighted by atomic mass is 10.2. The number of hydrogen-bond acceptors (Lipinski definition) is 9. The van der Waals surface area contributed by atoms with Crippen molar-refractivity contribution in [2.24, 2.45) is 5.10 Å². The summed E-state index contributed by atoms with van der Waals surface area (Å²) in [5.74, 6) is 1.72. The molecule has 2 fully saturated rings. The van der Waals surface area contributed by atoms with Crippen LogP contribution >= 0.6 is 0 Å². The van der Waals surface area contributed by atoms with Crippen LogP contribution in [-0.2, 0) is 9.47 Å². The molecule has 148 valence electrons. The van der Waals surface area contributed by atoms with Gasteiger partial charge >= 0.3 is 0 Å². The van der Waals surface area contributed by atoms with E-state index in [1.165, 1.54) is 5.56 Å². The van der Waals surface area contributed by atoms with Crippen molar-refractivity contribution < 1.29 is 9.47 Å². The van der Waals surface area contributed by atoms with E-state index in [1.807, 2.05) is 12.1 Å². The van der Waals surface area contributed by atoms with Gasteiger partial charge in [0.15, 0.2) is 0 Å². The fourth-order valence-electron chi connectivity index (χ4n) is 3.03. The van der Waals surface area contributed by atoms with Gasteiger partial charge in [0.2, 0.25) is 17.8 Å². The molecule has 0 bridgehead atoms. The van der Waals surface area contributed by atoms with E-state index in [0.717, 1.165) is 31.7 Å². The lowest BCUT2D eigenvalue weighted by Gasteiger charge is -2.30. The number of aryl methyl sites for hydroxylation is 1. The van der Waals surface area contributed by atoms with Crippen molar-refractivity contribution in [1.29, 1.82) is 0 Å². The number of nitrogens with zero attached hydrogens (tertiary/aromatic N) is 6. The van der Waals surface area contributed by atoms with Crippen molar-refractivity contribution in [2.75, 3.05) is 67.8 Å². The van der Waals surface area contributed by atoms with Crippen molar-refractivity contribution in [2.45, 2.75) is 6.92 Å². The van der Waals surface area contributed by atoms with E-state index < -0.39 is 0 Å². The minimum atomic E-state index is 0.432. The standard InChI is InChI=1S/C19H25N7O2/c1-15-2-4-16(5-3-15)14-20-24-17-21-18(25-6-10-27-11-7-25)23-19(22-17)26-8-12-28-13-9-26/h2-5,14H,6-13H2,1H3,(H,21,22,23,24)/b20-14-. The Morgan fingerprint density at radius 1 is 0.857 bits per heavy atom. The van der Waals surface area contributed by atoms with Gasteiger partial charge in [0.1, 0.15) is 0 Å². The summed E-state index contributed by atoms with van der Waals surface area (Å²) < 4.78 is 10.9. The largest absolute Gasteiger partial charge is 0.378 e. The predicted octanol–water partition coefficient (Wildman–Crippen LogP) is 1.30. The SMILES string of the molecule is Cc1ccc(/C=N\Nc2nc(N3CCOCC3)nc(N3CCOCC3)n2)cc1. The van der Waals surface area contributed by atoms with Crippen LogP contribution in [0.4, 0.5) is 17.8 Å². The average molecular weight is 383 g/mol. The van der Waals surface area contributed by atoms with Gasteiger partial charge in [0, 0.05) is 26.2 Å². The Bertz CT molecular complexity index is 764. The Balaban J connectivity index is 1.54. The van der Waals surface area contributed by atoms with Gasteiger partial charge in [-0.25, -0.2) is 5.43 Å². The van der Waals surface area contributed by atoms with Gasteiger partial charge in [-0.05, 0) is 12.5 Å². The normalized spacial score (nSPS) is 17.9. The van der Waals surface area contributed by atoms with Crippen LogP contribution in [0.15, 0.2) is 29.4 Å². The van der Waals surface area contributed by atoms with Gasteiger partial charge in [-0.15, -0.1) is 0 Å². The molecular formula is C19H25N7O2. The van der Waals surface area contributed by atoms with Crippen LogP contribution in [0.25, 0.3) is 0 Å². The highest BCUT2D eigenvalue weighted by atomic mass is 16.5. The second-order valence-corrected chi connectivity index (χ2v) is 6.74. The molecule has 28 heavy (non-hydrogen) atoms.